The first-order valence-electron chi connectivity index (χ1n) is 8.72. The molecule has 0 aliphatic heterocycles. The van der Waals surface area contributed by atoms with E-state index >= 15 is 0 Å². The highest BCUT2D eigenvalue weighted by Gasteiger charge is 2.13. The zero-order chi connectivity index (χ0) is 20.6. The van der Waals surface area contributed by atoms with Gasteiger partial charge >= 0.3 is 0 Å². The largest absolute Gasteiger partial charge is 0.484 e. The Morgan fingerprint density at radius 1 is 0.857 bits per heavy atom. The second-order valence-electron chi connectivity index (χ2n) is 7.08. The molecule has 2 rings (SSSR count). The van der Waals surface area contributed by atoms with Gasteiger partial charge in [0, 0.05) is 0 Å². The number of rotatable bonds is 6. The highest BCUT2D eigenvalue weighted by molar-refractivity contribution is 5.83. The lowest BCUT2D eigenvalue weighted by atomic mass is 9.87. The van der Waals surface area contributed by atoms with Crippen molar-refractivity contribution >= 4 is 11.8 Å². The van der Waals surface area contributed by atoms with Crippen LogP contribution in [0.5, 0.6) is 11.5 Å². The van der Waals surface area contributed by atoms with Crippen molar-refractivity contribution in [2.45, 2.75) is 26.2 Å². The standard InChI is InChI=1S/C21H23N3O4/c1-21(2,3)16-6-10-18(11-7-16)28-14-20(26)24-23-19(25)13-27-17-8-4-15(12-22)5-9-17/h4-11H,13-14H2,1-3H3,(H,23,25)(H,24,26). The Labute approximate surface area is 164 Å². The number of carbonyl (C=O) groups excluding carboxylic acids is 2. The van der Waals surface area contributed by atoms with Crippen LogP contribution in [0.4, 0.5) is 0 Å². The van der Waals surface area contributed by atoms with E-state index in [2.05, 4.69) is 31.6 Å². The van der Waals surface area contributed by atoms with Crippen molar-refractivity contribution in [3.05, 3.63) is 59.7 Å². The summed E-state index contributed by atoms with van der Waals surface area (Å²) in [7, 11) is 0. The summed E-state index contributed by atoms with van der Waals surface area (Å²) in [5, 5.41) is 8.72. The Morgan fingerprint density at radius 3 is 1.68 bits per heavy atom. The molecule has 0 aromatic heterocycles. The number of hydrazine groups is 1. The third kappa shape index (κ3) is 6.65. The zero-order valence-electron chi connectivity index (χ0n) is 16.1. The fourth-order valence-electron chi connectivity index (χ4n) is 2.19. The molecule has 0 heterocycles. The van der Waals surface area contributed by atoms with E-state index < -0.39 is 11.8 Å². The van der Waals surface area contributed by atoms with Crippen molar-refractivity contribution < 1.29 is 19.1 Å². The molecule has 2 aromatic carbocycles. The lowest BCUT2D eigenvalue weighted by Crippen LogP contribution is -2.45. The Kier molecular flexibility index (Phi) is 6.99. The number of nitrogens with one attached hydrogen (secondary N) is 2. The fourth-order valence-corrected chi connectivity index (χ4v) is 2.19. The quantitative estimate of drug-likeness (QED) is 0.749. The predicted molar refractivity (Wildman–Crippen MR) is 104 cm³/mol. The topological polar surface area (TPSA) is 100 Å². The molecule has 2 N–H and O–H groups in total. The van der Waals surface area contributed by atoms with Gasteiger partial charge in [0.25, 0.3) is 11.8 Å². The fraction of sp³-hybridized carbons (Fsp3) is 0.286. The molecule has 0 unspecified atom stereocenters. The second-order valence-corrected chi connectivity index (χ2v) is 7.08. The average Bonchev–Trinajstić information content (AvgIpc) is 2.69. The van der Waals surface area contributed by atoms with E-state index in [1.807, 2.05) is 18.2 Å². The van der Waals surface area contributed by atoms with Gasteiger partial charge in [-0.25, -0.2) is 0 Å². The van der Waals surface area contributed by atoms with Gasteiger partial charge in [-0.1, -0.05) is 32.9 Å². The predicted octanol–water partition coefficient (Wildman–Crippen LogP) is 2.46. The highest BCUT2D eigenvalue weighted by Crippen LogP contribution is 2.24. The molecule has 0 saturated heterocycles. The molecule has 28 heavy (non-hydrogen) atoms. The van der Waals surface area contributed by atoms with Gasteiger partial charge in [-0.2, -0.15) is 5.26 Å². The maximum Gasteiger partial charge on any atom is 0.276 e. The number of benzene rings is 2. The minimum Gasteiger partial charge on any atom is -0.484 e. The summed E-state index contributed by atoms with van der Waals surface area (Å²) in [6.07, 6.45) is 0. The second kappa shape index (κ2) is 9.42. The molecule has 2 aromatic rings. The van der Waals surface area contributed by atoms with Gasteiger partial charge < -0.3 is 9.47 Å². The first-order valence-corrected chi connectivity index (χ1v) is 8.72. The molecule has 7 nitrogen and oxygen atoms in total. The molecule has 7 heteroatoms. The van der Waals surface area contributed by atoms with E-state index in [9.17, 15) is 9.59 Å². The maximum absolute atomic E-state index is 11.8. The summed E-state index contributed by atoms with van der Waals surface area (Å²) < 4.78 is 10.7. The van der Waals surface area contributed by atoms with Crippen molar-refractivity contribution in [3.8, 4) is 17.6 Å². The van der Waals surface area contributed by atoms with Crippen molar-refractivity contribution in [1.82, 2.24) is 10.9 Å². The number of nitriles is 1. The third-order valence-electron chi connectivity index (χ3n) is 3.78. The van der Waals surface area contributed by atoms with Crippen molar-refractivity contribution in [1.29, 1.82) is 5.26 Å². The van der Waals surface area contributed by atoms with Crippen LogP contribution in [0, 0.1) is 11.3 Å². The molecule has 2 amide bonds. The molecule has 0 radical (unpaired) electrons. The number of ether oxygens (including phenoxy) is 2. The Bertz CT molecular complexity index is 847. The minimum atomic E-state index is -0.521. The van der Waals surface area contributed by atoms with Gasteiger partial charge in [-0.15, -0.1) is 0 Å². The number of hydrogen-bond acceptors (Lipinski definition) is 5. The van der Waals surface area contributed by atoms with Gasteiger partial charge in [0.05, 0.1) is 11.6 Å². The molecule has 0 aliphatic carbocycles. The van der Waals surface area contributed by atoms with Crippen LogP contribution in [-0.2, 0) is 15.0 Å². The molecule has 0 atom stereocenters. The Hall–Kier alpha value is -3.53. The van der Waals surface area contributed by atoms with Crippen molar-refractivity contribution in [2.75, 3.05) is 13.2 Å². The SMILES string of the molecule is CC(C)(C)c1ccc(OCC(=O)NNC(=O)COc2ccc(C#N)cc2)cc1. The molecule has 146 valence electrons. The summed E-state index contributed by atoms with van der Waals surface area (Å²) in [5.74, 6) is 0.000000203. The molecule has 0 spiro atoms. The van der Waals surface area contributed by atoms with Crippen LogP contribution in [0.1, 0.15) is 31.9 Å². The van der Waals surface area contributed by atoms with E-state index in [1.165, 1.54) is 5.56 Å². The Balaban J connectivity index is 1.68. The summed E-state index contributed by atoms with van der Waals surface area (Å²) in [5.41, 5.74) is 6.21. The molecule has 0 aliphatic rings. The van der Waals surface area contributed by atoms with Crippen LogP contribution in [0.15, 0.2) is 48.5 Å². The highest BCUT2D eigenvalue weighted by atomic mass is 16.5. The van der Waals surface area contributed by atoms with E-state index in [4.69, 9.17) is 14.7 Å². The number of nitrogens with zero attached hydrogens (tertiary/aromatic N) is 1. The summed E-state index contributed by atoms with van der Waals surface area (Å²) >= 11 is 0. The van der Waals surface area contributed by atoms with Crippen LogP contribution in [0.2, 0.25) is 0 Å². The summed E-state index contributed by atoms with van der Waals surface area (Å²) in [6.45, 7) is 5.84. The van der Waals surface area contributed by atoms with E-state index in [0.29, 0.717) is 17.1 Å². The first-order chi connectivity index (χ1) is 13.3. The van der Waals surface area contributed by atoms with E-state index in [1.54, 1.807) is 36.4 Å². The summed E-state index contributed by atoms with van der Waals surface area (Å²) in [4.78, 5) is 23.5. The van der Waals surface area contributed by atoms with Crippen LogP contribution in [0.25, 0.3) is 0 Å². The molecule has 0 saturated carbocycles. The molecular weight excluding hydrogens is 358 g/mol. The van der Waals surface area contributed by atoms with Crippen LogP contribution in [-0.4, -0.2) is 25.0 Å². The molecule has 0 bridgehead atoms. The zero-order valence-corrected chi connectivity index (χ0v) is 16.1. The monoisotopic (exact) mass is 381 g/mol. The van der Waals surface area contributed by atoms with Gasteiger partial charge in [-0.3, -0.25) is 20.4 Å². The smallest absolute Gasteiger partial charge is 0.276 e. The average molecular weight is 381 g/mol. The molecular formula is C21H23N3O4. The third-order valence-corrected chi connectivity index (χ3v) is 3.78. The van der Waals surface area contributed by atoms with E-state index in [0.717, 1.165) is 0 Å². The van der Waals surface area contributed by atoms with Crippen LogP contribution < -0.4 is 20.3 Å². The van der Waals surface area contributed by atoms with Crippen molar-refractivity contribution in [3.63, 3.8) is 0 Å². The first kappa shape index (κ1) is 20.8. The summed E-state index contributed by atoms with van der Waals surface area (Å²) in [6, 6.07) is 15.8. The van der Waals surface area contributed by atoms with Crippen molar-refractivity contribution in [2.24, 2.45) is 0 Å². The maximum atomic E-state index is 11.8. The number of carbonyl (C=O) groups is 2. The normalized spacial score (nSPS) is 10.5. The number of hydrogen-bond donors (Lipinski definition) is 2. The van der Waals surface area contributed by atoms with Gasteiger partial charge in [0.2, 0.25) is 0 Å². The van der Waals surface area contributed by atoms with Gasteiger partial charge in [-0.05, 0) is 47.4 Å². The van der Waals surface area contributed by atoms with Crippen LogP contribution in [0.3, 0.4) is 0 Å². The van der Waals surface area contributed by atoms with E-state index in [-0.39, 0.29) is 18.6 Å². The molecule has 0 fully saturated rings. The van der Waals surface area contributed by atoms with Crippen LogP contribution >= 0.6 is 0 Å². The minimum absolute atomic E-state index is 0.0417. The Morgan fingerprint density at radius 2 is 1.29 bits per heavy atom. The van der Waals surface area contributed by atoms with Gasteiger partial charge in [0.15, 0.2) is 13.2 Å². The lowest BCUT2D eigenvalue weighted by molar-refractivity contribution is -0.131. The lowest BCUT2D eigenvalue weighted by Gasteiger charge is -2.19. The number of amides is 2. The van der Waals surface area contributed by atoms with Gasteiger partial charge in [0.1, 0.15) is 11.5 Å².